The fourth-order valence-corrected chi connectivity index (χ4v) is 9.36. The molecular formula is C66H44N6. The molecule has 0 aliphatic heterocycles. The Bertz CT molecular complexity index is 3470. The lowest BCUT2D eigenvalue weighted by atomic mass is 9.89. The third kappa shape index (κ3) is 9.36. The van der Waals surface area contributed by atoms with E-state index in [0.717, 1.165) is 123 Å². The monoisotopic (exact) mass is 920 g/mol. The van der Waals surface area contributed by atoms with E-state index in [1.807, 2.05) is 110 Å². The summed E-state index contributed by atoms with van der Waals surface area (Å²) in [5.74, 6) is 0. The second kappa shape index (κ2) is 19.7. The van der Waals surface area contributed by atoms with Crippen molar-refractivity contribution in [1.82, 2.24) is 29.9 Å². The molecule has 6 nitrogen and oxygen atoms in total. The predicted molar refractivity (Wildman–Crippen MR) is 293 cm³/mol. The molecule has 0 saturated heterocycles. The molecule has 72 heavy (non-hydrogen) atoms. The van der Waals surface area contributed by atoms with E-state index < -0.39 is 0 Å². The summed E-state index contributed by atoms with van der Waals surface area (Å²) >= 11 is 0. The highest BCUT2D eigenvalue weighted by atomic mass is 14.7. The molecule has 12 rings (SSSR count). The zero-order chi connectivity index (χ0) is 48.1. The molecule has 0 saturated carbocycles. The van der Waals surface area contributed by atoms with Crippen LogP contribution in [0.25, 0.3) is 123 Å². The number of pyridine rings is 6. The quantitative estimate of drug-likeness (QED) is 0.129. The summed E-state index contributed by atoms with van der Waals surface area (Å²) in [6, 6.07) is 80.8. The molecule has 6 heteroatoms. The Hall–Kier alpha value is -9.78. The Morgan fingerprint density at radius 3 is 0.500 bits per heavy atom. The van der Waals surface area contributed by atoms with Crippen LogP contribution in [-0.4, -0.2) is 29.9 Å². The zero-order valence-electron chi connectivity index (χ0n) is 39.1. The van der Waals surface area contributed by atoms with Crippen molar-refractivity contribution in [3.63, 3.8) is 0 Å². The molecule has 6 aromatic heterocycles. The summed E-state index contributed by atoms with van der Waals surface area (Å²) < 4.78 is 0. The van der Waals surface area contributed by atoms with Gasteiger partial charge in [-0.25, -0.2) is 0 Å². The van der Waals surface area contributed by atoms with Gasteiger partial charge in [-0.1, -0.05) is 72.8 Å². The first kappa shape index (κ1) is 43.5. The minimum Gasteiger partial charge on any atom is -0.256 e. The van der Waals surface area contributed by atoms with E-state index in [-0.39, 0.29) is 0 Å². The molecule has 0 bridgehead atoms. The first-order valence-electron chi connectivity index (χ1n) is 23.9. The lowest BCUT2D eigenvalue weighted by Crippen LogP contribution is -1.92. The average molecular weight is 921 g/mol. The molecule has 12 aromatic rings. The van der Waals surface area contributed by atoms with Crippen LogP contribution in [0.4, 0.5) is 0 Å². The molecular weight excluding hydrogens is 877 g/mol. The number of hydrogen-bond acceptors (Lipinski definition) is 6. The molecule has 0 aliphatic rings. The van der Waals surface area contributed by atoms with E-state index in [0.29, 0.717) is 0 Å². The molecule has 0 spiro atoms. The molecule has 0 radical (unpaired) electrons. The predicted octanol–water partition coefficient (Wildman–Crippen LogP) is 16.4. The van der Waals surface area contributed by atoms with Gasteiger partial charge in [-0.05, 0) is 213 Å². The minimum absolute atomic E-state index is 0.893. The van der Waals surface area contributed by atoms with Crippen molar-refractivity contribution in [2.45, 2.75) is 0 Å². The Morgan fingerprint density at radius 2 is 0.306 bits per heavy atom. The fourth-order valence-electron chi connectivity index (χ4n) is 9.36. The second-order valence-corrected chi connectivity index (χ2v) is 17.6. The lowest BCUT2D eigenvalue weighted by Gasteiger charge is -2.16. The zero-order valence-corrected chi connectivity index (χ0v) is 39.1. The lowest BCUT2D eigenvalue weighted by molar-refractivity contribution is 1.31. The van der Waals surface area contributed by atoms with Gasteiger partial charge in [-0.2, -0.15) is 0 Å². The summed E-state index contributed by atoms with van der Waals surface area (Å²) in [6.07, 6.45) is 11.1. The van der Waals surface area contributed by atoms with Gasteiger partial charge in [0.15, 0.2) is 0 Å². The van der Waals surface area contributed by atoms with Gasteiger partial charge in [0.1, 0.15) is 0 Å². The molecule has 0 fully saturated rings. The van der Waals surface area contributed by atoms with Gasteiger partial charge < -0.3 is 0 Å². The van der Waals surface area contributed by atoms with E-state index in [4.69, 9.17) is 29.9 Å². The Morgan fingerprint density at radius 1 is 0.139 bits per heavy atom. The van der Waals surface area contributed by atoms with Crippen LogP contribution in [0.2, 0.25) is 0 Å². The van der Waals surface area contributed by atoms with E-state index in [2.05, 4.69) is 158 Å². The summed E-state index contributed by atoms with van der Waals surface area (Å²) in [6.45, 7) is 0. The first-order valence-corrected chi connectivity index (χ1v) is 23.9. The average Bonchev–Trinajstić information content (AvgIpc) is 3.48. The standard InChI is InChI=1S/C66H44N6/c1-7-25-67-61(19-1)55-36-51(37-56(42-55)62-20-2-8-26-68-62)47-17-13-15-45(31-47)49-33-50(35-53(34-49)54-40-59(65-23-5-11-29-71-65)44-60(41-54)66-24-6-12-30-72-66)46-16-14-18-48(32-46)52-38-57(63-21-3-9-27-69-63)43-58(39-52)64-22-4-10-28-70-64/h1-44H. The SMILES string of the molecule is c1ccc(-c2cc(-c3cccc(-c4cc(-c5cccc(-c6cc(-c7ccccn7)cc(-c7ccccn7)c6)c5)cc(-c5cc(-c6ccccn6)cc(-c6ccccn6)c5)c4)c3)cc(-c3ccccn3)c2)nc1. The van der Waals surface area contributed by atoms with E-state index in [1.165, 1.54) is 0 Å². The van der Waals surface area contributed by atoms with Crippen molar-refractivity contribution in [3.05, 3.63) is 268 Å². The summed E-state index contributed by atoms with van der Waals surface area (Å²) in [5, 5.41) is 0. The summed E-state index contributed by atoms with van der Waals surface area (Å²) in [4.78, 5) is 28.5. The van der Waals surface area contributed by atoms with Crippen LogP contribution in [0.5, 0.6) is 0 Å². The second-order valence-electron chi connectivity index (χ2n) is 17.6. The van der Waals surface area contributed by atoms with E-state index >= 15 is 0 Å². The molecule has 338 valence electrons. The van der Waals surface area contributed by atoms with Crippen molar-refractivity contribution in [1.29, 1.82) is 0 Å². The van der Waals surface area contributed by atoms with Crippen molar-refractivity contribution >= 4 is 0 Å². The van der Waals surface area contributed by atoms with Gasteiger partial charge >= 0.3 is 0 Å². The van der Waals surface area contributed by atoms with Gasteiger partial charge in [-0.15, -0.1) is 0 Å². The molecule has 0 atom stereocenters. The maximum absolute atomic E-state index is 4.79. The number of aromatic nitrogens is 6. The van der Waals surface area contributed by atoms with Gasteiger partial charge in [0.05, 0.1) is 34.2 Å². The minimum atomic E-state index is 0.893. The van der Waals surface area contributed by atoms with E-state index in [1.54, 1.807) is 0 Å². The maximum atomic E-state index is 4.79. The summed E-state index contributed by atoms with van der Waals surface area (Å²) in [5.41, 5.74) is 22.3. The molecule has 6 heterocycles. The van der Waals surface area contributed by atoms with Crippen molar-refractivity contribution in [2.75, 3.05) is 0 Å². The normalized spacial score (nSPS) is 11.1. The topological polar surface area (TPSA) is 77.3 Å². The van der Waals surface area contributed by atoms with Gasteiger partial charge in [-0.3, -0.25) is 29.9 Å². The van der Waals surface area contributed by atoms with Crippen LogP contribution < -0.4 is 0 Å². The van der Waals surface area contributed by atoms with Crippen molar-refractivity contribution < 1.29 is 0 Å². The van der Waals surface area contributed by atoms with Crippen LogP contribution >= 0.6 is 0 Å². The fraction of sp³-hybridized carbons (Fsp3) is 0. The first-order chi connectivity index (χ1) is 35.6. The Balaban J connectivity index is 1.03. The molecule has 0 amide bonds. The molecule has 0 unspecified atom stereocenters. The highest BCUT2D eigenvalue weighted by Gasteiger charge is 2.16. The Labute approximate surface area is 418 Å². The van der Waals surface area contributed by atoms with E-state index in [9.17, 15) is 0 Å². The van der Waals surface area contributed by atoms with Gasteiger partial charge in [0.2, 0.25) is 0 Å². The number of nitrogens with zero attached hydrogens (tertiary/aromatic N) is 6. The molecule has 0 N–H and O–H groups in total. The number of benzene rings is 6. The van der Waals surface area contributed by atoms with Gasteiger partial charge in [0, 0.05) is 70.6 Å². The number of hydrogen-bond donors (Lipinski definition) is 0. The maximum Gasteiger partial charge on any atom is 0.0702 e. The van der Waals surface area contributed by atoms with Crippen LogP contribution in [0, 0.1) is 0 Å². The van der Waals surface area contributed by atoms with Crippen LogP contribution in [0.3, 0.4) is 0 Å². The number of rotatable bonds is 11. The van der Waals surface area contributed by atoms with Crippen LogP contribution in [0.1, 0.15) is 0 Å². The smallest absolute Gasteiger partial charge is 0.0702 e. The largest absolute Gasteiger partial charge is 0.256 e. The highest BCUT2D eigenvalue weighted by molar-refractivity contribution is 5.89. The summed E-state index contributed by atoms with van der Waals surface area (Å²) in [7, 11) is 0. The van der Waals surface area contributed by atoms with Crippen LogP contribution in [0.15, 0.2) is 268 Å². The van der Waals surface area contributed by atoms with Crippen molar-refractivity contribution in [3.8, 4) is 123 Å². The molecule has 6 aromatic carbocycles. The Kier molecular flexibility index (Phi) is 11.9. The van der Waals surface area contributed by atoms with Crippen molar-refractivity contribution in [2.24, 2.45) is 0 Å². The third-order valence-electron chi connectivity index (χ3n) is 12.9. The van der Waals surface area contributed by atoms with Gasteiger partial charge in [0.25, 0.3) is 0 Å². The highest BCUT2D eigenvalue weighted by Crippen LogP contribution is 2.40. The third-order valence-corrected chi connectivity index (χ3v) is 12.9. The molecule has 0 aliphatic carbocycles. The van der Waals surface area contributed by atoms with Crippen LogP contribution in [-0.2, 0) is 0 Å².